The first-order valence-electron chi connectivity index (χ1n) is 9.26. The van der Waals surface area contributed by atoms with Crippen LogP contribution in [0.25, 0.3) is 0 Å². The van der Waals surface area contributed by atoms with Gasteiger partial charge in [0.15, 0.2) is 0 Å². The molecule has 3 N–H and O–H groups in total. The maximum Gasteiger partial charge on any atom is 0.133 e. The van der Waals surface area contributed by atoms with Crippen molar-refractivity contribution in [3.05, 3.63) is 77.4 Å². The van der Waals surface area contributed by atoms with Gasteiger partial charge in [0.25, 0.3) is 0 Å². The van der Waals surface area contributed by atoms with E-state index in [9.17, 15) is 15.3 Å². The first-order valence-corrected chi connectivity index (χ1v) is 9.26. The minimum Gasteiger partial charge on any atom is -0.508 e. The Morgan fingerprint density at radius 1 is 0.655 bits per heavy atom. The van der Waals surface area contributed by atoms with Crippen molar-refractivity contribution in [1.82, 2.24) is 0 Å². The number of aliphatic imine (C=N–C) groups is 2. The third-order valence-electron chi connectivity index (χ3n) is 4.44. The van der Waals surface area contributed by atoms with Crippen LogP contribution in [0.15, 0.2) is 70.6 Å². The van der Waals surface area contributed by atoms with E-state index in [1.54, 1.807) is 61.0 Å². The molecule has 0 atom stereocenters. The number of hydrogen-bond acceptors (Lipinski definition) is 5. The number of hydrogen-bond donors (Lipinski definition) is 3. The van der Waals surface area contributed by atoms with Crippen molar-refractivity contribution >= 4 is 23.8 Å². The summed E-state index contributed by atoms with van der Waals surface area (Å²) in [4.78, 5) is 8.80. The van der Waals surface area contributed by atoms with E-state index in [1.165, 1.54) is 0 Å². The van der Waals surface area contributed by atoms with E-state index >= 15 is 0 Å². The Balaban J connectivity index is 2.00. The Bertz CT molecular complexity index is 968. The molecule has 3 rings (SSSR count). The van der Waals surface area contributed by atoms with E-state index < -0.39 is 0 Å². The Morgan fingerprint density at radius 3 is 1.38 bits per heavy atom. The van der Waals surface area contributed by atoms with Gasteiger partial charge in [-0.3, -0.25) is 9.98 Å². The van der Waals surface area contributed by atoms with Crippen LogP contribution in [0.5, 0.6) is 17.2 Å². The Morgan fingerprint density at radius 2 is 1.03 bits per heavy atom. The lowest BCUT2D eigenvalue weighted by atomic mass is 9.85. The molecule has 5 heteroatoms. The van der Waals surface area contributed by atoms with Gasteiger partial charge >= 0.3 is 0 Å². The molecule has 0 saturated heterocycles. The molecule has 0 aliphatic carbocycles. The monoisotopic (exact) mass is 388 g/mol. The molecule has 0 bridgehead atoms. The molecule has 0 aliphatic rings. The summed E-state index contributed by atoms with van der Waals surface area (Å²) in [6.45, 7) is 6.30. The highest BCUT2D eigenvalue weighted by atomic mass is 16.3. The molecular formula is C24H24N2O3. The second-order valence-corrected chi connectivity index (χ2v) is 7.80. The third-order valence-corrected chi connectivity index (χ3v) is 4.44. The fourth-order valence-electron chi connectivity index (χ4n) is 2.68. The van der Waals surface area contributed by atoms with E-state index in [-0.39, 0.29) is 22.7 Å². The quantitative estimate of drug-likeness (QED) is 0.508. The molecule has 3 aromatic rings. The molecule has 0 amide bonds. The molecule has 0 spiro atoms. The number of nitrogens with zero attached hydrogens (tertiary/aromatic N) is 2. The summed E-state index contributed by atoms with van der Waals surface area (Å²) < 4.78 is 0. The van der Waals surface area contributed by atoms with Gasteiger partial charge in [0.1, 0.15) is 17.2 Å². The molecule has 0 heterocycles. The highest BCUT2D eigenvalue weighted by Crippen LogP contribution is 2.30. The normalized spacial score (nSPS) is 12.1. The summed E-state index contributed by atoms with van der Waals surface area (Å²) in [7, 11) is 0. The first kappa shape index (κ1) is 20.1. The predicted molar refractivity (Wildman–Crippen MR) is 118 cm³/mol. The number of phenols is 3. The Hall–Kier alpha value is -3.60. The van der Waals surface area contributed by atoms with E-state index in [2.05, 4.69) is 30.8 Å². The molecule has 29 heavy (non-hydrogen) atoms. The SMILES string of the molecule is CC(C)(C)c1cc(C=Nc2ccc(O)cc2)c(O)c(C=Nc2ccc(O)cc2)c1. The van der Waals surface area contributed by atoms with Crippen LogP contribution in [0.4, 0.5) is 11.4 Å². The molecule has 148 valence electrons. The Labute approximate surface area is 170 Å². The van der Waals surface area contributed by atoms with Gasteiger partial charge in [-0.2, -0.15) is 0 Å². The van der Waals surface area contributed by atoms with E-state index in [4.69, 9.17) is 0 Å². The van der Waals surface area contributed by atoms with E-state index in [0.29, 0.717) is 22.5 Å². The molecule has 0 saturated carbocycles. The predicted octanol–water partition coefficient (Wildman–Crippen LogP) is 5.60. The standard InChI is InChI=1S/C24H24N2O3/c1-24(2,3)18-12-16(14-25-19-4-8-21(27)9-5-19)23(29)17(13-18)15-26-20-6-10-22(28)11-7-20/h4-15,27-29H,1-3H3. The van der Waals surface area contributed by atoms with Crippen molar-refractivity contribution in [3.8, 4) is 17.2 Å². The molecule has 0 unspecified atom stereocenters. The minimum atomic E-state index is -0.129. The van der Waals surface area contributed by atoms with Gasteiger partial charge in [-0.05, 0) is 71.6 Å². The molecule has 3 aromatic carbocycles. The molecular weight excluding hydrogens is 364 g/mol. The third kappa shape index (κ3) is 5.23. The van der Waals surface area contributed by atoms with Crippen molar-refractivity contribution in [2.45, 2.75) is 26.2 Å². The highest BCUT2D eigenvalue weighted by molar-refractivity contribution is 5.94. The van der Waals surface area contributed by atoms with Crippen molar-refractivity contribution in [1.29, 1.82) is 0 Å². The van der Waals surface area contributed by atoms with Crippen molar-refractivity contribution in [2.75, 3.05) is 0 Å². The number of aromatic hydroxyl groups is 3. The van der Waals surface area contributed by atoms with Gasteiger partial charge in [0, 0.05) is 23.6 Å². The maximum absolute atomic E-state index is 10.8. The lowest BCUT2D eigenvalue weighted by molar-refractivity contribution is 0.472. The van der Waals surface area contributed by atoms with E-state index in [0.717, 1.165) is 5.56 Å². The topological polar surface area (TPSA) is 85.4 Å². The minimum absolute atomic E-state index is 0.0862. The van der Waals surface area contributed by atoms with Crippen molar-refractivity contribution < 1.29 is 15.3 Å². The van der Waals surface area contributed by atoms with Crippen LogP contribution in [-0.4, -0.2) is 27.7 Å². The van der Waals surface area contributed by atoms with Crippen LogP contribution in [0, 0.1) is 0 Å². The first-order chi connectivity index (χ1) is 13.7. The molecule has 5 nitrogen and oxygen atoms in total. The van der Waals surface area contributed by atoms with Gasteiger partial charge < -0.3 is 15.3 Å². The lowest BCUT2D eigenvalue weighted by Gasteiger charge is -2.21. The van der Waals surface area contributed by atoms with Crippen LogP contribution in [0.2, 0.25) is 0 Å². The van der Waals surface area contributed by atoms with Gasteiger partial charge in [-0.1, -0.05) is 20.8 Å². The summed E-state index contributed by atoms with van der Waals surface area (Å²) in [6, 6.07) is 16.9. The second kappa shape index (κ2) is 8.19. The molecule has 0 fully saturated rings. The summed E-state index contributed by atoms with van der Waals surface area (Å²) in [5.74, 6) is 0.437. The zero-order valence-corrected chi connectivity index (χ0v) is 16.7. The van der Waals surface area contributed by atoms with Gasteiger partial charge in [-0.15, -0.1) is 0 Å². The van der Waals surface area contributed by atoms with Crippen LogP contribution in [0.3, 0.4) is 0 Å². The average Bonchev–Trinajstić information content (AvgIpc) is 2.68. The summed E-state index contributed by atoms with van der Waals surface area (Å²) in [6.07, 6.45) is 3.21. The van der Waals surface area contributed by atoms with Crippen LogP contribution < -0.4 is 0 Å². The lowest BCUT2D eigenvalue weighted by Crippen LogP contribution is -2.12. The highest BCUT2D eigenvalue weighted by Gasteiger charge is 2.17. The van der Waals surface area contributed by atoms with Gasteiger partial charge in [0.2, 0.25) is 0 Å². The molecule has 0 aliphatic heterocycles. The summed E-state index contributed by atoms with van der Waals surface area (Å²) in [5, 5.41) is 29.6. The number of phenolic OH excluding ortho intramolecular Hbond substituents is 3. The summed E-state index contributed by atoms with van der Waals surface area (Å²) >= 11 is 0. The van der Waals surface area contributed by atoms with Crippen LogP contribution >= 0.6 is 0 Å². The van der Waals surface area contributed by atoms with Gasteiger partial charge in [-0.25, -0.2) is 0 Å². The zero-order valence-electron chi connectivity index (χ0n) is 16.7. The zero-order chi connectivity index (χ0) is 21.0. The fourth-order valence-corrected chi connectivity index (χ4v) is 2.68. The van der Waals surface area contributed by atoms with Crippen LogP contribution in [0.1, 0.15) is 37.5 Å². The summed E-state index contributed by atoms with van der Waals surface area (Å²) in [5.41, 5.74) is 3.41. The average molecular weight is 388 g/mol. The van der Waals surface area contributed by atoms with Crippen molar-refractivity contribution in [2.24, 2.45) is 9.98 Å². The van der Waals surface area contributed by atoms with Crippen LogP contribution in [-0.2, 0) is 5.41 Å². The Kier molecular flexibility index (Phi) is 5.69. The number of benzene rings is 3. The molecule has 0 radical (unpaired) electrons. The molecule has 0 aromatic heterocycles. The van der Waals surface area contributed by atoms with Crippen molar-refractivity contribution in [3.63, 3.8) is 0 Å². The second-order valence-electron chi connectivity index (χ2n) is 7.80. The van der Waals surface area contributed by atoms with E-state index in [1.807, 2.05) is 12.1 Å². The largest absolute Gasteiger partial charge is 0.508 e. The van der Waals surface area contributed by atoms with Gasteiger partial charge in [0.05, 0.1) is 11.4 Å². The smallest absolute Gasteiger partial charge is 0.133 e. The number of rotatable bonds is 4. The maximum atomic E-state index is 10.8. The fraction of sp³-hybridized carbons (Fsp3) is 0.167.